The number of hydrogen-bond donors (Lipinski definition) is 0. The third-order valence-corrected chi connectivity index (χ3v) is 10.6. The average molecular weight is 581 g/mol. The van der Waals surface area contributed by atoms with Crippen LogP contribution in [0.4, 0.5) is 0 Å². The van der Waals surface area contributed by atoms with Crippen molar-refractivity contribution in [3.05, 3.63) is 34.9 Å². The van der Waals surface area contributed by atoms with E-state index >= 15 is 0 Å². The lowest BCUT2D eigenvalue weighted by Crippen LogP contribution is -2.58. The van der Waals surface area contributed by atoms with Crippen LogP contribution in [0.25, 0.3) is 0 Å². The van der Waals surface area contributed by atoms with E-state index in [9.17, 15) is 9.59 Å². The number of unbranched alkanes of at least 4 members (excludes halogenated alkanes) is 2. The SMILES string of the molecule is CC(C)(C)c1cc(C(=O)CCCCN2C(C)(C)CCCC2(C)C)cc(C(=O)CCCCN2C(C)(C)CCCC2(C)C)c1. The van der Waals surface area contributed by atoms with Gasteiger partial charge in [0, 0.05) is 46.1 Å². The standard InChI is InChI=1S/C38H64N2O2/c1-34(2,3)31-27-29(32(41)18-12-14-24-39-35(4,5)20-16-21-36(39,6)7)26-30(28-31)33(42)19-13-15-25-40-37(8,9)22-17-23-38(40,10)11/h26-28H,12-25H2,1-11H3. The van der Waals surface area contributed by atoms with Gasteiger partial charge in [-0.3, -0.25) is 19.4 Å². The van der Waals surface area contributed by atoms with Gasteiger partial charge in [0.1, 0.15) is 0 Å². The van der Waals surface area contributed by atoms with Gasteiger partial charge in [-0.1, -0.05) is 20.8 Å². The quantitative estimate of drug-likeness (QED) is 0.182. The van der Waals surface area contributed by atoms with Crippen LogP contribution in [0.5, 0.6) is 0 Å². The summed E-state index contributed by atoms with van der Waals surface area (Å²) in [6, 6.07) is 5.96. The number of nitrogens with zero attached hydrogens (tertiary/aromatic N) is 2. The zero-order valence-electron chi connectivity index (χ0n) is 29.3. The molecule has 0 radical (unpaired) electrons. The number of ketones is 2. The number of rotatable bonds is 12. The first-order valence-corrected chi connectivity index (χ1v) is 17.0. The van der Waals surface area contributed by atoms with Crippen molar-refractivity contribution in [3.63, 3.8) is 0 Å². The first-order chi connectivity index (χ1) is 19.3. The minimum Gasteiger partial charge on any atom is -0.294 e. The number of likely N-dealkylation sites (tertiary alicyclic amines) is 2. The van der Waals surface area contributed by atoms with Gasteiger partial charge in [0.2, 0.25) is 0 Å². The van der Waals surface area contributed by atoms with E-state index in [0.29, 0.717) is 24.0 Å². The minimum atomic E-state index is -0.123. The molecule has 3 rings (SSSR count). The summed E-state index contributed by atoms with van der Waals surface area (Å²) < 4.78 is 0. The molecule has 2 aliphatic heterocycles. The lowest BCUT2D eigenvalue weighted by atomic mass is 9.79. The molecular weight excluding hydrogens is 516 g/mol. The smallest absolute Gasteiger partial charge is 0.162 e. The van der Waals surface area contributed by atoms with Gasteiger partial charge < -0.3 is 0 Å². The molecule has 0 amide bonds. The molecule has 1 aromatic carbocycles. The first kappa shape index (κ1) is 35.0. The van der Waals surface area contributed by atoms with Gasteiger partial charge in [-0.15, -0.1) is 0 Å². The second-order valence-electron chi connectivity index (χ2n) is 17.1. The zero-order chi connectivity index (χ0) is 31.6. The summed E-state index contributed by atoms with van der Waals surface area (Å²) in [7, 11) is 0. The van der Waals surface area contributed by atoms with Crippen molar-refractivity contribution in [1.82, 2.24) is 9.80 Å². The number of carbonyl (C=O) groups is 2. The maximum atomic E-state index is 13.4. The summed E-state index contributed by atoms with van der Waals surface area (Å²) in [5.41, 5.74) is 3.21. The molecule has 2 aliphatic rings. The van der Waals surface area contributed by atoms with Crippen molar-refractivity contribution in [2.24, 2.45) is 0 Å². The topological polar surface area (TPSA) is 40.6 Å². The fourth-order valence-corrected chi connectivity index (χ4v) is 8.08. The lowest BCUT2D eigenvalue weighted by Gasteiger charge is -2.53. The van der Waals surface area contributed by atoms with Crippen molar-refractivity contribution >= 4 is 11.6 Å². The Balaban J connectivity index is 1.60. The molecule has 0 saturated carbocycles. The van der Waals surface area contributed by atoms with E-state index in [0.717, 1.165) is 44.3 Å². The van der Waals surface area contributed by atoms with Crippen LogP contribution in [0.2, 0.25) is 0 Å². The van der Waals surface area contributed by atoms with Crippen LogP contribution in [-0.4, -0.2) is 56.6 Å². The van der Waals surface area contributed by atoms with Gasteiger partial charge in [0.15, 0.2) is 11.6 Å². The molecule has 0 atom stereocenters. The Hall–Kier alpha value is -1.52. The average Bonchev–Trinajstić information content (AvgIpc) is 2.84. The molecule has 0 aliphatic carbocycles. The predicted octanol–water partition coefficient (Wildman–Crippen LogP) is 9.78. The molecular formula is C38H64N2O2. The summed E-state index contributed by atoms with van der Waals surface area (Å²) >= 11 is 0. The minimum absolute atomic E-state index is 0.123. The second-order valence-corrected chi connectivity index (χ2v) is 17.1. The molecule has 2 saturated heterocycles. The second kappa shape index (κ2) is 13.2. The highest BCUT2D eigenvalue weighted by atomic mass is 16.1. The van der Waals surface area contributed by atoms with Gasteiger partial charge >= 0.3 is 0 Å². The summed E-state index contributed by atoms with van der Waals surface area (Å²) in [4.78, 5) is 32.2. The van der Waals surface area contributed by atoms with E-state index in [1.165, 1.54) is 38.5 Å². The highest BCUT2D eigenvalue weighted by molar-refractivity contribution is 6.01. The number of piperidine rings is 2. The molecule has 2 heterocycles. The first-order valence-electron chi connectivity index (χ1n) is 17.0. The van der Waals surface area contributed by atoms with Crippen LogP contribution >= 0.6 is 0 Å². The molecule has 4 nitrogen and oxygen atoms in total. The number of carbonyl (C=O) groups excluding carboxylic acids is 2. The van der Waals surface area contributed by atoms with Gasteiger partial charge in [-0.25, -0.2) is 0 Å². The van der Waals surface area contributed by atoms with Crippen LogP contribution in [-0.2, 0) is 5.41 Å². The maximum absolute atomic E-state index is 13.4. The molecule has 238 valence electrons. The fourth-order valence-electron chi connectivity index (χ4n) is 8.08. The van der Waals surface area contributed by atoms with Gasteiger partial charge in [0.25, 0.3) is 0 Å². The van der Waals surface area contributed by atoms with Crippen LogP contribution in [0, 0.1) is 0 Å². The predicted molar refractivity (Wildman–Crippen MR) is 179 cm³/mol. The van der Waals surface area contributed by atoms with Crippen molar-refractivity contribution < 1.29 is 9.59 Å². The number of hydrogen-bond acceptors (Lipinski definition) is 4. The Labute approximate surface area is 259 Å². The third-order valence-electron chi connectivity index (χ3n) is 10.6. The van der Waals surface area contributed by atoms with Crippen LogP contribution in [0.1, 0.15) is 179 Å². The molecule has 0 unspecified atom stereocenters. The lowest BCUT2D eigenvalue weighted by molar-refractivity contribution is -0.0278. The monoisotopic (exact) mass is 580 g/mol. The fraction of sp³-hybridized carbons (Fsp3) is 0.789. The Morgan fingerprint density at radius 2 is 0.929 bits per heavy atom. The zero-order valence-corrected chi connectivity index (χ0v) is 29.3. The summed E-state index contributed by atoms with van der Waals surface area (Å²) in [5, 5.41) is 0. The van der Waals surface area contributed by atoms with E-state index in [-0.39, 0.29) is 39.1 Å². The number of benzene rings is 1. The van der Waals surface area contributed by atoms with Crippen molar-refractivity contribution in [2.75, 3.05) is 13.1 Å². The summed E-state index contributed by atoms with van der Waals surface area (Å²) in [6.45, 7) is 27.5. The van der Waals surface area contributed by atoms with Gasteiger partial charge in [-0.05, 0) is 162 Å². The van der Waals surface area contributed by atoms with E-state index in [2.05, 4.69) is 86.0 Å². The highest BCUT2D eigenvalue weighted by Crippen LogP contribution is 2.39. The molecule has 0 N–H and O–H groups in total. The molecule has 0 aromatic heterocycles. The summed E-state index contributed by atoms with van der Waals surface area (Å²) in [5.74, 6) is 0.337. The van der Waals surface area contributed by atoms with E-state index in [1.807, 2.05) is 18.2 Å². The van der Waals surface area contributed by atoms with Crippen LogP contribution in [0.15, 0.2) is 18.2 Å². The van der Waals surface area contributed by atoms with E-state index in [1.54, 1.807) is 0 Å². The maximum Gasteiger partial charge on any atom is 0.162 e. The molecule has 42 heavy (non-hydrogen) atoms. The Bertz CT molecular complexity index is 981. The number of Topliss-reactive ketones (excluding diaryl/α,β-unsaturated/α-hetero) is 2. The van der Waals surface area contributed by atoms with Gasteiger partial charge in [-0.2, -0.15) is 0 Å². The molecule has 0 bridgehead atoms. The molecule has 0 spiro atoms. The summed E-state index contributed by atoms with van der Waals surface area (Å²) in [6.07, 6.45) is 12.4. The van der Waals surface area contributed by atoms with Crippen LogP contribution < -0.4 is 0 Å². The Kier molecular flexibility index (Phi) is 11.0. The van der Waals surface area contributed by atoms with Gasteiger partial charge in [0.05, 0.1) is 0 Å². The Morgan fingerprint density at radius 1 is 0.595 bits per heavy atom. The van der Waals surface area contributed by atoms with Crippen molar-refractivity contribution in [3.8, 4) is 0 Å². The largest absolute Gasteiger partial charge is 0.294 e. The van der Waals surface area contributed by atoms with Crippen molar-refractivity contribution in [2.45, 2.75) is 181 Å². The van der Waals surface area contributed by atoms with Crippen LogP contribution in [0.3, 0.4) is 0 Å². The molecule has 2 fully saturated rings. The Morgan fingerprint density at radius 3 is 1.24 bits per heavy atom. The van der Waals surface area contributed by atoms with Crippen molar-refractivity contribution in [1.29, 1.82) is 0 Å². The highest BCUT2D eigenvalue weighted by Gasteiger charge is 2.41. The molecule has 1 aromatic rings. The molecule has 4 heteroatoms. The third kappa shape index (κ3) is 8.78. The normalized spacial score (nSPS) is 22.2. The van der Waals surface area contributed by atoms with E-state index in [4.69, 9.17) is 0 Å². The van der Waals surface area contributed by atoms with E-state index < -0.39 is 0 Å².